The number of aryl methyl sites for hydroxylation is 2. The highest BCUT2D eigenvalue weighted by molar-refractivity contribution is 7.02. The standard InChI is InChI=1S/C64H59B2N3/c1-36-23-29-59-53(31-36)65(61-44(9)40(5)38(3)41(6)45(61)10)55-33-52(34-56-63(55)69(59)60-30-24-37(2)32-54(60)66(56)62-46(11)42(7)39(4)43(8)47(62)12)48-25-27-51(28-26-48)64-67-57(49-19-15-13-16-20-49)35-58(68-64)50-21-17-14-18-22-50/h13-35H,1-12H3. The number of nitrogens with zero attached hydrogens (tertiary/aromatic N) is 3. The molecule has 11 rings (SSSR count). The number of rotatable bonds is 6. The van der Waals surface area contributed by atoms with Gasteiger partial charge in [0.2, 0.25) is 13.4 Å². The number of aromatic nitrogens is 2. The van der Waals surface area contributed by atoms with E-state index in [1.807, 2.05) is 0 Å². The third kappa shape index (κ3) is 7.03. The lowest BCUT2D eigenvalue weighted by Gasteiger charge is -2.45. The molecule has 0 saturated heterocycles. The molecule has 0 aliphatic carbocycles. The molecule has 0 saturated carbocycles. The first-order valence-electron chi connectivity index (χ1n) is 24.6. The molecule has 0 spiro atoms. The Morgan fingerprint density at radius 2 is 0.696 bits per heavy atom. The van der Waals surface area contributed by atoms with Gasteiger partial charge < -0.3 is 4.90 Å². The maximum absolute atomic E-state index is 5.20. The van der Waals surface area contributed by atoms with Crippen molar-refractivity contribution in [1.82, 2.24) is 9.97 Å². The fraction of sp³-hybridized carbons (Fsp3) is 0.188. The number of anilines is 3. The fourth-order valence-electron chi connectivity index (χ4n) is 11.9. The molecule has 2 aliphatic heterocycles. The van der Waals surface area contributed by atoms with Crippen LogP contribution in [0.5, 0.6) is 0 Å². The minimum absolute atomic E-state index is 0.0176. The van der Waals surface area contributed by atoms with E-state index in [0.29, 0.717) is 5.82 Å². The zero-order chi connectivity index (χ0) is 48.2. The summed E-state index contributed by atoms with van der Waals surface area (Å²) in [6, 6.07) is 51.5. The van der Waals surface area contributed by atoms with Crippen LogP contribution in [0, 0.1) is 83.1 Å². The van der Waals surface area contributed by atoms with Crippen molar-refractivity contribution in [1.29, 1.82) is 0 Å². The summed E-state index contributed by atoms with van der Waals surface area (Å²) < 4.78 is 0. The van der Waals surface area contributed by atoms with Gasteiger partial charge in [0, 0.05) is 33.8 Å². The number of fused-ring (bicyclic) bond motifs is 4. The van der Waals surface area contributed by atoms with E-state index >= 15 is 0 Å². The lowest BCUT2D eigenvalue weighted by atomic mass is 9.29. The minimum Gasteiger partial charge on any atom is -0.313 e. The average molecular weight is 892 g/mol. The molecule has 9 aromatic rings. The Morgan fingerprint density at radius 1 is 0.319 bits per heavy atom. The minimum atomic E-state index is 0.0176. The van der Waals surface area contributed by atoms with Crippen molar-refractivity contribution in [3.8, 4) is 45.0 Å². The molecule has 8 aromatic carbocycles. The molecule has 0 radical (unpaired) electrons. The van der Waals surface area contributed by atoms with E-state index in [1.165, 1.54) is 128 Å². The first-order chi connectivity index (χ1) is 33.2. The van der Waals surface area contributed by atoms with E-state index in [2.05, 4.69) is 228 Å². The third-order valence-corrected chi connectivity index (χ3v) is 16.5. The highest BCUT2D eigenvalue weighted by Crippen LogP contribution is 2.41. The van der Waals surface area contributed by atoms with Crippen molar-refractivity contribution in [2.45, 2.75) is 83.1 Å². The molecule has 69 heavy (non-hydrogen) atoms. The zero-order valence-corrected chi connectivity index (χ0v) is 42.3. The van der Waals surface area contributed by atoms with Crippen LogP contribution in [0.25, 0.3) is 45.0 Å². The van der Waals surface area contributed by atoms with Crippen LogP contribution in [0.2, 0.25) is 0 Å². The molecule has 0 bridgehead atoms. The van der Waals surface area contributed by atoms with E-state index in [-0.39, 0.29) is 13.4 Å². The Balaban J connectivity index is 1.20. The van der Waals surface area contributed by atoms with Crippen LogP contribution in [-0.2, 0) is 0 Å². The van der Waals surface area contributed by atoms with Gasteiger partial charge in [-0.2, -0.15) is 0 Å². The Morgan fingerprint density at radius 3 is 1.10 bits per heavy atom. The van der Waals surface area contributed by atoms with Crippen LogP contribution < -0.4 is 37.7 Å². The fourth-order valence-corrected chi connectivity index (χ4v) is 11.9. The second-order valence-corrected chi connectivity index (χ2v) is 20.2. The van der Waals surface area contributed by atoms with Crippen LogP contribution in [0.3, 0.4) is 0 Å². The monoisotopic (exact) mass is 891 g/mol. The first-order valence-corrected chi connectivity index (χ1v) is 24.6. The molecule has 336 valence electrons. The molecule has 0 fully saturated rings. The second kappa shape index (κ2) is 16.8. The van der Waals surface area contributed by atoms with Crippen molar-refractivity contribution < 1.29 is 0 Å². The van der Waals surface area contributed by atoms with Gasteiger partial charge in [-0.1, -0.05) is 166 Å². The van der Waals surface area contributed by atoms with Crippen molar-refractivity contribution in [3.63, 3.8) is 0 Å². The molecule has 0 unspecified atom stereocenters. The van der Waals surface area contributed by atoms with Crippen LogP contribution >= 0.6 is 0 Å². The molecule has 1 aromatic heterocycles. The topological polar surface area (TPSA) is 29.0 Å². The van der Waals surface area contributed by atoms with Crippen molar-refractivity contribution >= 4 is 63.3 Å². The Bertz CT molecular complexity index is 3310. The lowest BCUT2D eigenvalue weighted by molar-refractivity contribution is 1.18. The van der Waals surface area contributed by atoms with E-state index in [4.69, 9.17) is 9.97 Å². The van der Waals surface area contributed by atoms with E-state index in [0.717, 1.165) is 28.1 Å². The largest absolute Gasteiger partial charge is 0.313 e. The van der Waals surface area contributed by atoms with E-state index < -0.39 is 0 Å². The summed E-state index contributed by atoms with van der Waals surface area (Å²) in [6.07, 6.45) is 0. The summed E-state index contributed by atoms with van der Waals surface area (Å²) in [5.74, 6) is 0.712. The summed E-state index contributed by atoms with van der Waals surface area (Å²) in [5, 5.41) is 0. The number of benzene rings is 8. The number of hydrogen-bond acceptors (Lipinski definition) is 3. The zero-order valence-electron chi connectivity index (χ0n) is 42.3. The summed E-state index contributed by atoms with van der Waals surface area (Å²) in [4.78, 5) is 13.0. The van der Waals surface area contributed by atoms with E-state index in [1.54, 1.807) is 0 Å². The molecule has 3 heterocycles. The van der Waals surface area contributed by atoms with Gasteiger partial charge in [-0.05, 0) is 168 Å². The Labute approximate surface area is 410 Å². The Kier molecular flexibility index (Phi) is 10.8. The normalized spacial score (nSPS) is 12.6. The second-order valence-electron chi connectivity index (χ2n) is 20.2. The summed E-state index contributed by atoms with van der Waals surface area (Å²) in [7, 11) is 0. The molecule has 0 amide bonds. The van der Waals surface area contributed by atoms with Crippen molar-refractivity contribution in [2.75, 3.05) is 4.90 Å². The van der Waals surface area contributed by atoms with Crippen LogP contribution in [0.1, 0.15) is 66.8 Å². The molecule has 5 heteroatoms. The van der Waals surface area contributed by atoms with Gasteiger partial charge >= 0.3 is 0 Å². The molecule has 0 N–H and O–H groups in total. The van der Waals surface area contributed by atoms with Gasteiger partial charge in [0.25, 0.3) is 0 Å². The lowest BCUT2D eigenvalue weighted by Crippen LogP contribution is -2.66. The molecule has 0 atom stereocenters. The summed E-state index contributed by atoms with van der Waals surface area (Å²) >= 11 is 0. The Hall–Kier alpha value is -7.23. The number of hydrogen-bond donors (Lipinski definition) is 0. The molecule has 3 nitrogen and oxygen atoms in total. The quantitative estimate of drug-likeness (QED) is 0.156. The SMILES string of the molecule is Cc1ccc2c(c1)B(c1c(C)c(C)c(C)c(C)c1C)c1cc(-c3ccc(-c4nc(-c5ccccc5)cc(-c5ccccc5)n4)cc3)cc3c1N2c1ccc(C)cc1B3c1c(C)c(C)c(C)c(C)c1C. The van der Waals surface area contributed by atoms with Gasteiger partial charge in [0.15, 0.2) is 5.82 Å². The smallest absolute Gasteiger partial charge is 0.247 e. The van der Waals surface area contributed by atoms with Gasteiger partial charge in [-0.15, -0.1) is 0 Å². The first kappa shape index (κ1) is 44.3. The van der Waals surface area contributed by atoms with E-state index in [9.17, 15) is 0 Å². The summed E-state index contributed by atoms with van der Waals surface area (Å²) in [5.41, 5.74) is 35.9. The summed E-state index contributed by atoms with van der Waals surface area (Å²) in [6.45, 7) is 27.9. The van der Waals surface area contributed by atoms with Crippen LogP contribution in [-0.4, -0.2) is 23.4 Å². The van der Waals surface area contributed by atoms with Crippen molar-refractivity contribution in [3.05, 3.63) is 206 Å². The highest BCUT2D eigenvalue weighted by atomic mass is 15.2. The maximum atomic E-state index is 5.20. The van der Waals surface area contributed by atoms with Crippen LogP contribution in [0.4, 0.5) is 17.1 Å². The predicted molar refractivity (Wildman–Crippen MR) is 297 cm³/mol. The third-order valence-electron chi connectivity index (χ3n) is 16.5. The van der Waals surface area contributed by atoms with Gasteiger partial charge in [-0.25, -0.2) is 9.97 Å². The van der Waals surface area contributed by atoms with Crippen molar-refractivity contribution in [2.24, 2.45) is 0 Å². The molecule has 2 aliphatic rings. The molecular formula is C64H59B2N3. The van der Waals surface area contributed by atoms with Crippen LogP contribution in [0.15, 0.2) is 140 Å². The highest BCUT2D eigenvalue weighted by Gasteiger charge is 2.45. The predicted octanol–water partition coefficient (Wildman–Crippen LogP) is 12.0. The van der Waals surface area contributed by atoms with Gasteiger partial charge in [0.05, 0.1) is 11.4 Å². The maximum Gasteiger partial charge on any atom is 0.247 e. The molecular weight excluding hydrogens is 832 g/mol. The average Bonchev–Trinajstić information content (AvgIpc) is 3.37. The van der Waals surface area contributed by atoms with Gasteiger partial charge in [-0.3, -0.25) is 0 Å². The van der Waals surface area contributed by atoms with Gasteiger partial charge in [0.1, 0.15) is 0 Å².